The van der Waals surface area contributed by atoms with Crippen molar-refractivity contribution in [2.24, 2.45) is 0 Å². The number of carbonyl (C=O) groups excluding carboxylic acids is 8. The fourth-order valence-electron chi connectivity index (χ4n) is 15.9. The van der Waals surface area contributed by atoms with Crippen molar-refractivity contribution in [3.63, 3.8) is 0 Å². The fourth-order valence-corrected chi connectivity index (χ4v) is 17.5. The molecule has 0 aromatic carbocycles. The van der Waals surface area contributed by atoms with E-state index in [0.29, 0.717) is 64.2 Å². The first kappa shape index (κ1) is 132. The lowest BCUT2D eigenvalue weighted by atomic mass is 10.0. The quantitative estimate of drug-likeness (QED) is 0.00822. The number of hydrogen-bond acceptors (Lipinski definition) is 20. The van der Waals surface area contributed by atoms with E-state index in [2.05, 4.69) is 125 Å². The van der Waals surface area contributed by atoms with Crippen molar-refractivity contribution in [2.45, 2.75) is 535 Å². The van der Waals surface area contributed by atoms with Crippen LogP contribution in [0.5, 0.6) is 0 Å². The Morgan fingerprint density at radius 3 is 0.745 bits per heavy atom. The maximum absolute atomic E-state index is 14.2. The number of nitrogens with one attached hydrogen (secondary N) is 4. The van der Waals surface area contributed by atoms with Crippen molar-refractivity contribution >= 4 is 63.2 Å². The van der Waals surface area contributed by atoms with Crippen LogP contribution in [-0.4, -0.2) is 160 Å². The van der Waals surface area contributed by atoms with E-state index in [4.69, 9.17) is 46.5 Å². The summed E-state index contributed by atoms with van der Waals surface area (Å²) in [5, 5.41) is 10.7. The summed E-state index contributed by atoms with van der Waals surface area (Å²) in [6.07, 6.45) is 76.2. The Balaban J connectivity index is 6.48. The summed E-state index contributed by atoms with van der Waals surface area (Å²) in [6.45, 7) is 14.5. The van der Waals surface area contributed by atoms with Gasteiger partial charge in [-0.2, -0.15) is 0 Å². The molecule has 0 heterocycles. The van der Waals surface area contributed by atoms with E-state index < -0.39 is 109 Å². The second-order valence-electron chi connectivity index (χ2n) is 37.7. The van der Waals surface area contributed by atoms with E-state index in [-0.39, 0.29) is 102 Å². The molecule has 0 aliphatic heterocycles. The number of rotatable bonds is 104. The highest BCUT2D eigenvalue weighted by Gasteiger charge is 2.30. The van der Waals surface area contributed by atoms with Gasteiger partial charge in [0.15, 0.2) is 0 Å². The number of phosphoric ester groups is 2. The molecule has 0 bridgehead atoms. The van der Waals surface area contributed by atoms with Gasteiger partial charge in [-0.05, 0) is 154 Å². The Labute approximate surface area is 833 Å². The lowest BCUT2D eigenvalue weighted by Gasteiger charge is -2.23. The summed E-state index contributed by atoms with van der Waals surface area (Å²) in [6, 6.07) is -2.03. The minimum Gasteiger partial charge on any atom is -0.462 e. The molecule has 137 heavy (non-hydrogen) atoms. The maximum atomic E-state index is 14.2. The van der Waals surface area contributed by atoms with Crippen LogP contribution in [-0.2, 0) is 94.0 Å². The molecule has 0 saturated carbocycles. The Bertz CT molecular complexity index is 2910. The first-order valence-corrected chi connectivity index (χ1v) is 58.5. The standard InChI is InChI=1S/C109H202N4O22P2/c1-9-17-25-33-39-45-51-59-67-75-100(134-108(120)79-71-63-55-49-43-37-29-21-13-5)89-104(116)112-96(92-126-85-81-98(73-65-57-31-23-15-7)132-106(118)77-69-61-53-47-41-35-27-19-11-3)94-130-136(122,123)128-87-83-110-102(114)91-103(115)111-84-88-129-137(124,125)131-95-97(93-127-86-82-99(74-66-58-32-24-16-8)133-107(119)78-70-62-54-48-42-36-28-20-12-4)113-105(117)90-101(76-68-60-52-46-40-34-26-18-10-2)135-109(121)80-72-64-56-50-44-38-30-22-14-6/h47-50,53-56,96-101H,9-46,51-52,57-95H2,1-8H3,(H,110,114)(H,111,115)(H,112,116)(H,113,117)(H,122,123)(H,124,125)/t96?,97?,98-,99-,100-,101-/m1/s1. The molecule has 800 valence electrons. The number of unbranched alkanes of at least 4 members (excludes halogenated alkanes) is 44. The summed E-state index contributed by atoms with van der Waals surface area (Å²) >= 11 is 0. The molecule has 0 aromatic rings. The number of carbonyl (C=O) groups is 8. The van der Waals surface area contributed by atoms with Gasteiger partial charge in [-0.25, -0.2) is 9.13 Å². The largest absolute Gasteiger partial charge is 0.472 e. The third-order valence-electron chi connectivity index (χ3n) is 24.2. The van der Waals surface area contributed by atoms with Crippen molar-refractivity contribution < 1.29 is 104 Å². The zero-order valence-corrected chi connectivity index (χ0v) is 89.7. The summed E-state index contributed by atoms with van der Waals surface area (Å²) in [4.78, 5) is 130. The lowest BCUT2D eigenvalue weighted by Crippen LogP contribution is -2.43. The van der Waals surface area contributed by atoms with Crippen LogP contribution in [0.15, 0.2) is 48.6 Å². The molecule has 0 aliphatic rings. The molecule has 6 N–H and O–H groups in total. The van der Waals surface area contributed by atoms with Crippen LogP contribution in [0.3, 0.4) is 0 Å². The summed E-state index contributed by atoms with van der Waals surface area (Å²) < 4.78 is 85.1. The highest BCUT2D eigenvalue weighted by Crippen LogP contribution is 2.44. The summed E-state index contributed by atoms with van der Waals surface area (Å²) in [5.74, 6) is -3.90. The third-order valence-corrected chi connectivity index (χ3v) is 26.2. The maximum Gasteiger partial charge on any atom is 0.472 e. The second kappa shape index (κ2) is 98.3. The highest BCUT2D eigenvalue weighted by atomic mass is 31.2. The smallest absolute Gasteiger partial charge is 0.462 e. The van der Waals surface area contributed by atoms with Gasteiger partial charge in [0.2, 0.25) is 23.6 Å². The predicted molar refractivity (Wildman–Crippen MR) is 555 cm³/mol. The van der Waals surface area contributed by atoms with E-state index in [1.54, 1.807) is 0 Å². The van der Waals surface area contributed by atoms with Gasteiger partial charge in [-0.15, -0.1) is 0 Å². The van der Waals surface area contributed by atoms with Crippen molar-refractivity contribution in [1.82, 2.24) is 21.3 Å². The molecule has 0 rings (SSSR count). The fraction of sp³-hybridized carbons (Fsp3) is 0.853. The summed E-state index contributed by atoms with van der Waals surface area (Å²) in [7, 11) is -9.79. The van der Waals surface area contributed by atoms with Crippen LogP contribution in [0, 0.1) is 0 Å². The number of phosphoric acid groups is 2. The topological polar surface area (TPSA) is 352 Å². The van der Waals surface area contributed by atoms with Crippen molar-refractivity contribution in [3.05, 3.63) is 48.6 Å². The van der Waals surface area contributed by atoms with Gasteiger partial charge in [0.25, 0.3) is 0 Å². The highest BCUT2D eigenvalue weighted by molar-refractivity contribution is 7.47. The van der Waals surface area contributed by atoms with Crippen LogP contribution in [0.2, 0.25) is 0 Å². The molecule has 0 saturated heterocycles. The molecule has 4 unspecified atom stereocenters. The normalized spacial score (nSPS) is 14.0. The number of esters is 4. The number of amides is 4. The van der Waals surface area contributed by atoms with E-state index in [1.165, 1.54) is 128 Å². The third kappa shape index (κ3) is 93.0. The van der Waals surface area contributed by atoms with Gasteiger partial charge in [0, 0.05) is 51.6 Å². The molecule has 0 radical (unpaired) electrons. The number of ether oxygens (including phenoxy) is 6. The molecule has 8 atom stereocenters. The van der Waals surface area contributed by atoms with Crippen molar-refractivity contribution in [3.8, 4) is 0 Å². The van der Waals surface area contributed by atoms with Crippen LogP contribution in [0.25, 0.3) is 0 Å². The number of hydrogen-bond donors (Lipinski definition) is 6. The molecule has 0 spiro atoms. The second-order valence-corrected chi connectivity index (χ2v) is 40.6. The van der Waals surface area contributed by atoms with Gasteiger partial charge in [-0.3, -0.25) is 56.5 Å². The van der Waals surface area contributed by atoms with E-state index in [1.807, 2.05) is 0 Å². The Morgan fingerprint density at radius 1 is 0.255 bits per heavy atom. The van der Waals surface area contributed by atoms with Gasteiger partial charge in [-0.1, -0.05) is 335 Å². The minimum atomic E-state index is -4.90. The Kier molecular flexibility index (Phi) is 94.6. The monoisotopic (exact) mass is 1980 g/mol. The van der Waals surface area contributed by atoms with Crippen LogP contribution < -0.4 is 21.3 Å². The van der Waals surface area contributed by atoms with Gasteiger partial charge < -0.3 is 59.5 Å². The lowest BCUT2D eigenvalue weighted by molar-refractivity contribution is -0.152. The van der Waals surface area contributed by atoms with Gasteiger partial charge in [0.05, 0.1) is 77.8 Å². The zero-order valence-electron chi connectivity index (χ0n) is 87.9. The zero-order chi connectivity index (χ0) is 101. The van der Waals surface area contributed by atoms with Gasteiger partial charge in [0.1, 0.15) is 30.8 Å². The average Bonchev–Trinajstić information content (AvgIpc) is 0.901. The first-order chi connectivity index (χ1) is 66.6. The van der Waals surface area contributed by atoms with Crippen LogP contribution >= 0.6 is 15.6 Å². The molecular formula is C109H202N4O22P2. The number of allylic oxidation sites excluding steroid dienone is 8. The van der Waals surface area contributed by atoms with E-state index >= 15 is 0 Å². The Morgan fingerprint density at radius 2 is 0.482 bits per heavy atom. The summed E-state index contributed by atoms with van der Waals surface area (Å²) in [5.41, 5.74) is 0. The average molecular weight is 1980 g/mol. The van der Waals surface area contributed by atoms with Crippen LogP contribution in [0.1, 0.15) is 498 Å². The van der Waals surface area contributed by atoms with Crippen LogP contribution in [0.4, 0.5) is 0 Å². The van der Waals surface area contributed by atoms with Crippen molar-refractivity contribution in [1.29, 1.82) is 0 Å². The SMILES string of the molecule is CCCCCCC=CCCCC(=O)O[C@H](CCCCCCC)CCOCC(COP(=O)(O)OCCNC(=O)CC(=O)NCCOP(=O)(O)OCC(COCC[C@@H](CCCCCCC)OC(=O)CCCC=CCCCCCC)NC(=O)C[C@@H](CCCCCCCCCCC)OC(=O)CCCC=CCCCCCC)NC(=O)C[C@@H](CCCCCCCCCCC)OC(=O)CCCC=CCCCCCC. The molecule has 26 nitrogen and oxygen atoms in total. The minimum absolute atomic E-state index is 0.123. The molecule has 0 aromatic heterocycles. The first-order valence-electron chi connectivity index (χ1n) is 55.5. The molecule has 0 fully saturated rings. The predicted octanol–water partition coefficient (Wildman–Crippen LogP) is 27.4. The Hall–Kier alpha value is -5.14. The molecule has 28 heteroatoms. The van der Waals surface area contributed by atoms with Gasteiger partial charge >= 0.3 is 39.5 Å². The molecular weight excluding hydrogens is 1780 g/mol. The van der Waals surface area contributed by atoms with E-state index in [0.717, 1.165) is 205 Å². The van der Waals surface area contributed by atoms with E-state index in [9.17, 15) is 57.3 Å². The molecule has 4 amide bonds. The molecule has 0 aliphatic carbocycles. The van der Waals surface area contributed by atoms with Crippen molar-refractivity contribution in [2.75, 3.05) is 65.9 Å².